The van der Waals surface area contributed by atoms with Gasteiger partial charge >= 0.3 is 151 Å². The number of hydrogen-bond acceptors (Lipinski definition) is 7. The van der Waals surface area contributed by atoms with Gasteiger partial charge in [-0.05, 0) is 60.3 Å². The Morgan fingerprint density at radius 2 is 1.77 bits per heavy atom. The number of ether oxygens (including phenoxy) is 2. The fourth-order valence-corrected chi connectivity index (χ4v) is 5.98. The predicted molar refractivity (Wildman–Crippen MR) is 171 cm³/mol. The first kappa shape index (κ1) is 31.7. The summed E-state index contributed by atoms with van der Waals surface area (Å²) in [4.78, 5) is 33.1. The number of aromatic nitrogens is 5. The molecule has 1 aliphatic carbocycles. The van der Waals surface area contributed by atoms with Crippen LogP contribution >= 0.6 is 0 Å². The Hall–Kier alpha value is -3.69. The van der Waals surface area contributed by atoms with Crippen molar-refractivity contribution in [2.24, 2.45) is 5.92 Å². The second kappa shape index (κ2) is 12.7. The van der Waals surface area contributed by atoms with Gasteiger partial charge in [0, 0.05) is 6.54 Å². The van der Waals surface area contributed by atoms with Gasteiger partial charge in [0.15, 0.2) is 0 Å². The van der Waals surface area contributed by atoms with E-state index in [9.17, 15) is 9.59 Å². The van der Waals surface area contributed by atoms with Crippen molar-refractivity contribution in [3.05, 3.63) is 60.2 Å². The van der Waals surface area contributed by atoms with Crippen LogP contribution in [0.15, 0.2) is 48.9 Å². The third kappa shape index (κ3) is 7.87. The van der Waals surface area contributed by atoms with Crippen LogP contribution in [0.2, 0.25) is 5.82 Å². The molecule has 10 nitrogen and oxygen atoms in total. The molecule has 0 radical (unpaired) electrons. The molecule has 3 heterocycles. The minimum absolute atomic E-state index is 0.229. The maximum absolute atomic E-state index is 13.7. The maximum atomic E-state index is 13.7. The average molecular weight is 666 g/mol. The summed E-state index contributed by atoms with van der Waals surface area (Å²) in [6.07, 6.45) is 8.07. The Kier molecular flexibility index (Phi) is 9.18. The van der Waals surface area contributed by atoms with Crippen LogP contribution in [0.3, 0.4) is 0 Å². The first-order valence-electron chi connectivity index (χ1n) is 15.0. The number of pyridine rings is 1. The van der Waals surface area contributed by atoms with E-state index in [-0.39, 0.29) is 12.6 Å². The molecule has 1 fully saturated rings. The summed E-state index contributed by atoms with van der Waals surface area (Å²) >= 11 is 0.345. The molecule has 4 aromatic rings. The summed E-state index contributed by atoms with van der Waals surface area (Å²) in [6, 6.07) is 10.1. The quantitative estimate of drug-likeness (QED) is 0.212. The Morgan fingerprint density at radius 1 is 1.02 bits per heavy atom. The van der Waals surface area contributed by atoms with Gasteiger partial charge < -0.3 is 14.4 Å². The van der Waals surface area contributed by atoms with Crippen LogP contribution in [0.1, 0.15) is 72.1 Å². The zero-order valence-corrected chi connectivity index (χ0v) is 28.4. The molecule has 1 aliphatic rings. The van der Waals surface area contributed by atoms with Gasteiger partial charge in [-0.1, -0.05) is 6.42 Å². The van der Waals surface area contributed by atoms with Crippen molar-refractivity contribution in [2.45, 2.75) is 90.9 Å². The molecule has 1 amide bonds. The van der Waals surface area contributed by atoms with Crippen molar-refractivity contribution < 1.29 is 19.1 Å². The van der Waals surface area contributed by atoms with E-state index in [0.717, 1.165) is 35.0 Å². The van der Waals surface area contributed by atoms with Crippen molar-refractivity contribution >= 4 is 42.5 Å². The summed E-state index contributed by atoms with van der Waals surface area (Å²) < 4.78 is 16.2. The van der Waals surface area contributed by atoms with E-state index in [4.69, 9.17) is 9.47 Å². The van der Waals surface area contributed by atoms with Crippen LogP contribution in [0.5, 0.6) is 0 Å². The Morgan fingerprint density at radius 3 is 2.43 bits per heavy atom. The molecule has 44 heavy (non-hydrogen) atoms. The zero-order valence-electron chi connectivity index (χ0n) is 26.7. The molecule has 0 bridgehead atoms. The monoisotopic (exact) mass is 666 g/mol. The third-order valence-corrected chi connectivity index (χ3v) is 8.81. The average Bonchev–Trinajstić information content (AvgIpc) is 3.52. The van der Waals surface area contributed by atoms with Crippen LogP contribution in [-0.2, 0) is 22.6 Å². The first-order valence-corrected chi connectivity index (χ1v) is 17.6. The van der Waals surface area contributed by atoms with Gasteiger partial charge in [-0.25, -0.2) is 9.59 Å². The van der Waals surface area contributed by atoms with Crippen molar-refractivity contribution in [1.29, 1.82) is 0 Å². The number of amides is 1. The van der Waals surface area contributed by atoms with E-state index in [1.165, 1.54) is 10.9 Å². The van der Waals surface area contributed by atoms with Gasteiger partial charge in [-0.2, -0.15) is 0 Å². The zero-order chi connectivity index (χ0) is 31.6. The molecule has 11 heteroatoms. The second-order valence-electron chi connectivity index (χ2n) is 13.4. The molecule has 5 rings (SSSR count). The van der Waals surface area contributed by atoms with E-state index in [1.54, 1.807) is 20.3 Å². The van der Waals surface area contributed by atoms with Crippen LogP contribution < -0.4 is 4.46 Å². The summed E-state index contributed by atoms with van der Waals surface area (Å²) in [6.45, 7) is 12.4. The first-order chi connectivity index (χ1) is 20.8. The summed E-state index contributed by atoms with van der Waals surface area (Å²) in [5.74, 6) is 2.59. The van der Waals surface area contributed by atoms with Crippen molar-refractivity contribution in [1.82, 2.24) is 29.4 Å². The van der Waals surface area contributed by atoms with Crippen molar-refractivity contribution in [3.8, 4) is 11.3 Å². The summed E-state index contributed by atoms with van der Waals surface area (Å²) in [5, 5.41) is 9.60. The Bertz CT molecular complexity index is 1640. The van der Waals surface area contributed by atoms with Gasteiger partial charge in [0.1, 0.15) is 11.2 Å². The van der Waals surface area contributed by atoms with E-state index in [2.05, 4.69) is 27.2 Å². The van der Waals surface area contributed by atoms with Crippen molar-refractivity contribution in [3.63, 3.8) is 0 Å². The normalized spacial score (nSPS) is 14.0. The fraction of sp³-hybridized carbons (Fsp3) is 0.485. The molecule has 0 unspecified atom stereocenters. The SMILES string of the molecule is C[Se]c1cncc(-c2cn(Cc3ccc4cc(CN(CC5CCC5)C(=O)OC(C)(C)C)n(C(=O)OC(C)(C)C)c4c3)nn2)c1. The molecule has 3 aromatic heterocycles. The molecular weight excluding hydrogens is 623 g/mol. The van der Waals surface area contributed by atoms with Crippen LogP contribution in [0.25, 0.3) is 22.2 Å². The molecule has 0 atom stereocenters. The topological polar surface area (TPSA) is 104 Å². The third-order valence-electron chi connectivity index (χ3n) is 7.36. The number of carbonyl (C=O) groups excluding carboxylic acids is 2. The molecule has 0 saturated heterocycles. The minimum atomic E-state index is -0.693. The molecule has 1 saturated carbocycles. The van der Waals surface area contributed by atoms with Gasteiger partial charge in [0.05, 0.1) is 6.54 Å². The van der Waals surface area contributed by atoms with Crippen LogP contribution in [-0.4, -0.2) is 74.3 Å². The molecule has 234 valence electrons. The molecule has 0 spiro atoms. The fourth-order valence-electron chi connectivity index (χ4n) is 5.12. The van der Waals surface area contributed by atoms with E-state index >= 15 is 0 Å². The van der Waals surface area contributed by atoms with Crippen molar-refractivity contribution in [2.75, 3.05) is 6.54 Å². The molecule has 0 N–H and O–H groups in total. The standard InChI is InChI=1S/C33H42N6O4Se/c1-32(2,3)42-30(40)37(18-22-9-8-10-22)20-26-14-24-12-11-23(13-29(24)39(26)31(41)43-33(4,5)6)19-38-21-28(35-36-38)25-15-27(44-7)17-34-16-25/h11-17,21-22H,8-10,18-20H2,1-7H3. The van der Waals surface area contributed by atoms with Gasteiger partial charge in [-0.15, -0.1) is 0 Å². The number of rotatable bonds is 8. The van der Waals surface area contributed by atoms with Gasteiger partial charge in [0.2, 0.25) is 0 Å². The number of hydrogen-bond donors (Lipinski definition) is 0. The van der Waals surface area contributed by atoms with E-state index < -0.39 is 17.3 Å². The summed E-state index contributed by atoms with van der Waals surface area (Å²) in [5.41, 5.74) is 2.71. The summed E-state index contributed by atoms with van der Waals surface area (Å²) in [7, 11) is 0. The number of carbonyl (C=O) groups is 2. The predicted octanol–water partition coefficient (Wildman–Crippen LogP) is 6.04. The second-order valence-corrected chi connectivity index (χ2v) is 15.3. The molecular formula is C33H42N6O4Se. The number of nitrogens with zero attached hydrogens (tertiary/aromatic N) is 6. The Balaban J connectivity index is 1.47. The molecule has 0 aliphatic heterocycles. The van der Waals surface area contributed by atoms with Crippen LogP contribution in [0, 0.1) is 5.92 Å². The number of fused-ring (bicyclic) bond motifs is 1. The van der Waals surface area contributed by atoms with Gasteiger partial charge in [-0.3, -0.25) is 0 Å². The van der Waals surface area contributed by atoms with Crippen LogP contribution in [0.4, 0.5) is 9.59 Å². The van der Waals surface area contributed by atoms with E-state index in [0.29, 0.717) is 45.2 Å². The Labute approximate surface area is 265 Å². The number of benzene rings is 1. The molecule has 1 aromatic carbocycles. The van der Waals surface area contributed by atoms with E-state index in [1.807, 2.05) is 78.2 Å². The van der Waals surface area contributed by atoms with Gasteiger partial charge in [0.25, 0.3) is 0 Å².